The highest BCUT2D eigenvalue weighted by Crippen LogP contribution is 2.36. The molecule has 0 radical (unpaired) electrons. The van der Waals surface area contributed by atoms with Crippen LogP contribution in [0.15, 0.2) is 22.8 Å². The molecule has 2 aromatic rings. The van der Waals surface area contributed by atoms with Crippen LogP contribution in [-0.4, -0.2) is 19.2 Å². The van der Waals surface area contributed by atoms with E-state index < -0.39 is 0 Å². The van der Waals surface area contributed by atoms with Gasteiger partial charge in [0.1, 0.15) is 17.8 Å². The summed E-state index contributed by atoms with van der Waals surface area (Å²) in [4.78, 5) is 4.23. The lowest BCUT2D eigenvalue weighted by molar-refractivity contribution is 0.395. The predicted molar refractivity (Wildman–Crippen MR) is 64.2 cm³/mol. The summed E-state index contributed by atoms with van der Waals surface area (Å²) < 4.78 is 15.7. The number of nitrogens with two attached hydrogens (primary N) is 1. The zero-order valence-electron chi connectivity index (χ0n) is 9.98. The highest BCUT2D eigenvalue weighted by molar-refractivity contribution is 5.78. The van der Waals surface area contributed by atoms with Crippen LogP contribution in [-0.2, 0) is 0 Å². The first-order valence-corrected chi connectivity index (χ1v) is 5.09. The van der Waals surface area contributed by atoms with Crippen LogP contribution in [0, 0.1) is 6.92 Å². The number of benzene rings is 1. The lowest BCUT2D eigenvalue weighted by Gasteiger charge is -2.10. The number of ether oxygens (including phenoxy) is 2. The van der Waals surface area contributed by atoms with Gasteiger partial charge in [0, 0.05) is 6.07 Å². The van der Waals surface area contributed by atoms with Gasteiger partial charge in [-0.05, 0) is 13.0 Å². The van der Waals surface area contributed by atoms with E-state index in [2.05, 4.69) is 4.98 Å². The van der Waals surface area contributed by atoms with E-state index in [1.54, 1.807) is 32.6 Å². The van der Waals surface area contributed by atoms with Crippen LogP contribution < -0.4 is 15.2 Å². The number of hydrogen-bond acceptors (Lipinski definition) is 5. The van der Waals surface area contributed by atoms with Crippen LogP contribution in [0.1, 0.15) is 5.69 Å². The lowest BCUT2D eigenvalue weighted by Crippen LogP contribution is -1.97. The largest absolute Gasteiger partial charge is 0.497 e. The third kappa shape index (κ3) is 2.04. The molecule has 1 aromatic heterocycles. The maximum Gasteiger partial charge on any atom is 0.228 e. The Kier molecular flexibility index (Phi) is 2.91. The van der Waals surface area contributed by atoms with Gasteiger partial charge in [0.15, 0.2) is 0 Å². The van der Waals surface area contributed by atoms with Crippen molar-refractivity contribution in [2.45, 2.75) is 6.92 Å². The summed E-state index contributed by atoms with van der Waals surface area (Å²) in [6.07, 6.45) is 1.57. The van der Waals surface area contributed by atoms with Gasteiger partial charge in [-0.3, -0.25) is 0 Å². The highest BCUT2D eigenvalue weighted by Gasteiger charge is 2.14. The van der Waals surface area contributed by atoms with Crippen LogP contribution in [0.3, 0.4) is 0 Å². The van der Waals surface area contributed by atoms with Crippen molar-refractivity contribution in [3.8, 4) is 23.0 Å². The summed E-state index contributed by atoms with van der Waals surface area (Å²) in [6.45, 7) is 1.85. The number of methoxy groups -OCH3 is 2. The molecule has 1 aromatic carbocycles. The Balaban J connectivity index is 2.59. The van der Waals surface area contributed by atoms with E-state index in [1.807, 2.05) is 6.92 Å². The smallest absolute Gasteiger partial charge is 0.228 e. The molecular formula is C12H14N2O3. The molecule has 0 fully saturated rings. The van der Waals surface area contributed by atoms with Crippen LogP contribution in [0.25, 0.3) is 11.5 Å². The number of hydrogen-bond donors (Lipinski definition) is 1. The van der Waals surface area contributed by atoms with Crippen LogP contribution >= 0.6 is 0 Å². The molecule has 0 saturated heterocycles. The zero-order valence-corrected chi connectivity index (χ0v) is 9.98. The first-order valence-electron chi connectivity index (χ1n) is 5.09. The number of aryl methyl sites for hydroxylation is 1. The Morgan fingerprint density at radius 2 is 2.00 bits per heavy atom. The molecule has 5 heteroatoms. The molecule has 0 spiro atoms. The van der Waals surface area contributed by atoms with Crippen molar-refractivity contribution in [1.82, 2.24) is 4.98 Å². The van der Waals surface area contributed by atoms with E-state index in [0.717, 1.165) is 5.69 Å². The molecule has 17 heavy (non-hydrogen) atoms. The van der Waals surface area contributed by atoms with E-state index in [1.165, 1.54) is 0 Å². The summed E-state index contributed by atoms with van der Waals surface area (Å²) in [5, 5.41) is 0. The average Bonchev–Trinajstić information content (AvgIpc) is 2.76. The Bertz CT molecular complexity index is 535. The Morgan fingerprint density at radius 1 is 1.24 bits per heavy atom. The summed E-state index contributed by atoms with van der Waals surface area (Å²) in [5.74, 6) is 1.63. The fraction of sp³-hybridized carbons (Fsp3) is 0.250. The lowest BCUT2D eigenvalue weighted by atomic mass is 10.1. The van der Waals surface area contributed by atoms with E-state index in [0.29, 0.717) is 28.6 Å². The van der Waals surface area contributed by atoms with Gasteiger partial charge in [-0.25, -0.2) is 4.98 Å². The number of anilines is 1. The predicted octanol–water partition coefficient (Wildman–Crippen LogP) is 2.25. The molecule has 2 rings (SSSR count). The fourth-order valence-electron chi connectivity index (χ4n) is 1.54. The number of nitrogen functional groups attached to an aromatic ring is 1. The molecule has 0 unspecified atom stereocenters. The van der Waals surface area contributed by atoms with Gasteiger partial charge in [-0.15, -0.1) is 0 Å². The van der Waals surface area contributed by atoms with Crippen molar-refractivity contribution in [2.24, 2.45) is 0 Å². The first kappa shape index (κ1) is 11.3. The van der Waals surface area contributed by atoms with Gasteiger partial charge in [0.05, 0.1) is 31.2 Å². The molecule has 0 atom stereocenters. The molecular weight excluding hydrogens is 220 g/mol. The van der Waals surface area contributed by atoms with E-state index in [4.69, 9.17) is 19.6 Å². The minimum atomic E-state index is 0.456. The van der Waals surface area contributed by atoms with Gasteiger partial charge in [-0.2, -0.15) is 0 Å². The van der Waals surface area contributed by atoms with E-state index >= 15 is 0 Å². The standard InChI is InChI=1S/C12H14N2O3/c1-7-6-17-12(14-7)9-4-8(15-2)5-10(16-3)11(9)13/h4-6H,13H2,1-3H3. The number of oxazole rings is 1. The molecule has 1 heterocycles. The Hall–Kier alpha value is -2.17. The average molecular weight is 234 g/mol. The van der Waals surface area contributed by atoms with Crippen LogP contribution in [0.2, 0.25) is 0 Å². The van der Waals surface area contributed by atoms with Crippen molar-refractivity contribution >= 4 is 5.69 Å². The zero-order chi connectivity index (χ0) is 12.4. The number of nitrogens with zero attached hydrogens (tertiary/aromatic N) is 1. The van der Waals surface area contributed by atoms with Crippen LogP contribution in [0.4, 0.5) is 5.69 Å². The van der Waals surface area contributed by atoms with Gasteiger partial charge in [0.25, 0.3) is 0 Å². The fourth-order valence-corrected chi connectivity index (χ4v) is 1.54. The third-order valence-corrected chi connectivity index (χ3v) is 2.42. The minimum Gasteiger partial charge on any atom is -0.497 e. The topological polar surface area (TPSA) is 70.5 Å². The Labute approximate surface area is 99.2 Å². The molecule has 5 nitrogen and oxygen atoms in total. The number of aromatic nitrogens is 1. The minimum absolute atomic E-state index is 0.456. The highest BCUT2D eigenvalue weighted by atomic mass is 16.5. The van der Waals surface area contributed by atoms with Crippen LogP contribution in [0.5, 0.6) is 11.5 Å². The Morgan fingerprint density at radius 3 is 2.53 bits per heavy atom. The van der Waals surface area contributed by atoms with Crippen molar-refractivity contribution < 1.29 is 13.9 Å². The summed E-state index contributed by atoms with van der Waals surface area (Å²) in [7, 11) is 3.13. The molecule has 0 bridgehead atoms. The quantitative estimate of drug-likeness (QED) is 0.825. The molecule has 0 amide bonds. The van der Waals surface area contributed by atoms with Gasteiger partial charge >= 0.3 is 0 Å². The molecule has 0 aliphatic heterocycles. The maximum absolute atomic E-state index is 5.98. The second-order valence-corrected chi connectivity index (χ2v) is 3.58. The molecule has 0 aliphatic rings. The molecule has 90 valence electrons. The van der Waals surface area contributed by atoms with Crippen molar-refractivity contribution in [3.63, 3.8) is 0 Å². The number of rotatable bonds is 3. The third-order valence-electron chi connectivity index (χ3n) is 2.42. The normalized spacial score (nSPS) is 10.3. The van der Waals surface area contributed by atoms with E-state index in [9.17, 15) is 0 Å². The summed E-state index contributed by atoms with van der Waals surface area (Å²) in [6, 6.07) is 3.48. The van der Waals surface area contributed by atoms with E-state index in [-0.39, 0.29) is 0 Å². The molecule has 0 aliphatic carbocycles. The second-order valence-electron chi connectivity index (χ2n) is 3.58. The summed E-state index contributed by atoms with van der Waals surface area (Å²) >= 11 is 0. The van der Waals surface area contributed by atoms with Crippen molar-refractivity contribution in [2.75, 3.05) is 20.0 Å². The molecule has 0 saturated carbocycles. The van der Waals surface area contributed by atoms with Gasteiger partial charge in [0.2, 0.25) is 5.89 Å². The monoisotopic (exact) mass is 234 g/mol. The van der Waals surface area contributed by atoms with Crippen molar-refractivity contribution in [1.29, 1.82) is 0 Å². The van der Waals surface area contributed by atoms with Crippen molar-refractivity contribution in [3.05, 3.63) is 24.1 Å². The van der Waals surface area contributed by atoms with Gasteiger partial charge < -0.3 is 19.6 Å². The first-order chi connectivity index (χ1) is 8.15. The van der Waals surface area contributed by atoms with Gasteiger partial charge in [-0.1, -0.05) is 0 Å². The SMILES string of the molecule is COc1cc(OC)c(N)c(-c2nc(C)co2)c1. The molecule has 2 N–H and O–H groups in total. The maximum atomic E-state index is 5.98. The second kappa shape index (κ2) is 4.37. The summed E-state index contributed by atoms with van der Waals surface area (Å²) in [5.41, 5.74) is 7.91.